The highest BCUT2D eigenvalue weighted by Crippen LogP contribution is 2.39. The number of ether oxygens (including phenoxy) is 2. The third kappa shape index (κ3) is 3.55. The Morgan fingerprint density at radius 2 is 1.68 bits per heavy atom. The number of hydrogen-bond donors (Lipinski definition) is 0. The van der Waals surface area contributed by atoms with Crippen LogP contribution in [0.2, 0.25) is 0 Å². The second kappa shape index (κ2) is 7.04. The monoisotopic (exact) mass is 316 g/mol. The van der Waals surface area contributed by atoms with Gasteiger partial charge in [-0.1, -0.05) is 57.2 Å². The lowest BCUT2D eigenvalue weighted by Crippen LogP contribution is -2.15. The van der Waals surface area contributed by atoms with E-state index < -0.39 is 0 Å². The van der Waals surface area contributed by atoms with Gasteiger partial charge in [-0.15, -0.1) is 0 Å². The van der Waals surface area contributed by atoms with Gasteiger partial charge in [0.2, 0.25) is 0 Å². The van der Waals surface area contributed by atoms with Crippen molar-refractivity contribution in [1.29, 1.82) is 0 Å². The van der Waals surface area contributed by atoms with E-state index in [1.54, 1.807) is 7.11 Å². The van der Waals surface area contributed by atoms with Crippen molar-refractivity contribution >= 4 is 13.8 Å². The van der Waals surface area contributed by atoms with Crippen molar-refractivity contribution in [2.24, 2.45) is 0 Å². The Morgan fingerprint density at radius 1 is 1.00 bits per heavy atom. The van der Waals surface area contributed by atoms with Crippen molar-refractivity contribution in [2.45, 2.75) is 26.2 Å². The molecule has 4 heteroatoms. The van der Waals surface area contributed by atoms with E-state index in [9.17, 15) is 4.57 Å². The Kier molecular flexibility index (Phi) is 5.33. The number of rotatable bonds is 5. The molecule has 0 heterocycles. The highest BCUT2D eigenvalue weighted by atomic mass is 31.1. The highest BCUT2D eigenvalue weighted by Gasteiger charge is 2.22. The molecule has 2 aromatic carbocycles. The molecule has 0 atom stereocenters. The lowest BCUT2D eigenvalue weighted by Gasteiger charge is -2.25. The van der Waals surface area contributed by atoms with E-state index >= 15 is 0 Å². The van der Waals surface area contributed by atoms with Crippen LogP contribution in [-0.2, 0) is 14.7 Å². The Morgan fingerprint density at radius 3 is 2.32 bits per heavy atom. The predicted octanol–water partition coefficient (Wildman–Crippen LogP) is 4.55. The summed E-state index contributed by atoms with van der Waals surface area (Å²) in [6, 6.07) is 13.7. The summed E-state index contributed by atoms with van der Waals surface area (Å²) in [5.74, 6) is 0.785. The fourth-order valence-electron chi connectivity index (χ4n) is 2.39. The van der Waals surface area contributed by atoms with Crippen LogP contribution in [0.5, 0.6) is 5.75 Å². The molecular formula is C18H21O3P. The smallest absolute Gasteiger partial charge is 0.192 e. The van der Waals surface area contributed by atoms with E-state index in [4.69, 9.17) is 9.47 Å². The van der Waals surface area contributed by atoms with Gasteiger partial charge in [-0.25, -0.2) is 0 Å². The van der Waals surface area contributed by atoms with Crippen LogP contribution in [0.25, 0.3) is 11.1 Å². The molecule has 0 aromatic heterocycles. The molecule has 0 radical (unpaired) electrons. The van der Waals surface area contributed by atoms with Crippen LogP contribution >= 0.6 is 8.46 Å². The molecule has 0 unspecified atom stereocenters. The van der Waals surface area contributed by atoms with Gasteiger partial charge < -0.3 is 9.47 Å². The van der Waals surface area contributed by atoms with E-state index in [0.29, 0.717) is 0 Å². The molecule has 0 bridgehead atoms. The SMILES string of the molecule is COCOc1c(-c2ccccc2P=O)cccc1C(C)(C)C. The van der Waals surface area contributed by atoms with Crippen LogP contribution in [0.4, 0.5) is 0 Å². The first kappa shape index (κ1) is 16.7. The summed E-state index contributed by atoms with van der Waals surface area (Å²) in [7, 11) is 1.60. The van der Waals surface area contributed by atoms with Crippen LogP contribution < -0.4 is 10.0 Å². The molecule has 0 aliphatic rings. The summed E-state index contributed by atoms with van der Waals surface area (Å²) in [6.07, 6.45) is 0. The maximum atomic E-state index is 11.4. The van der Waals surface area contributed by atoms with Gasteiger partial charge in [-0.05, 0) is 11.5 Å². The molecule has 2 aromatic rings. The summed E-state index contributed by atoms with van der Waals surface area (Å²) in [5, 5.41) is 0.746. The predicted molar refractivity (Wildman–Crippen MR) is 90.3 cm³/mol. The number of hydrogen-bond acceptors (Lipinski definition) is 3. The lowest BCUT2D eigenvalue weighted by molar-refractivity contribution is 0.0502. The summed E-state index contributed by atoms with van der Waals surface area (Å²) in [6.45, 7) is 6.61. The van der Waals surface area contributed by atoms with Gasteiger partial charge in [0.15, 0.2) is 15.3 Å². The van der Waals surface area contributed by atoms with Crippen molar-refractivity contribution in [3.63, 3.8) is 0 Å². The second-order valence-electron chi connectivity index (χ2n) is 6.09. The van der Waals surface area contributed by atoms with Gasteiger partial charge in [-0.3, -0.25) is 4.57 Å². The first-order valence-electron chi connectivity index (χ1n) is 7.17. The average molecular weight is 316 g/mol. The topological polar surface area (TPSA) is 35.5 Å². The first-order chi connectivity index (χ1) is 10.5. The zero-order valence-corrected chi connectivity index (χ0v) is 14.3. The zero-order chi connectivity index (χ0) is 16.2. The Hall–Kier alpha value is -1.70. The van der Waals surface area contributed by atoms with Gasteiger partial charge >= 0.3 is 0 Å². The van der Waals surface area contributed by atoms with Crippen LogP contribution in [0, 0.1) is 0 Å². The van der Waals surface area contributed by atoms with Gasteiger partial charge in [0.1, 0.15) is 5.75 Å². The third-order valence-electron chi connectivity index (χ3n) is 3.44. The minimum absolute atomic E-state index is 0.000458. The number of methoxy groups -OCH3 is 1. The van der Waals surface area contributed by atoms with Crippen molar-refractivity contribution in [2.75, 3.05) is 13.9 Å². The number of para-hydroxylation sites is 1. The summed E-state index contributed by atoms with van der Waals surface area (Å²) in [4.78, 5) is 0. The van der Waals surface area contributed by atoms with Crippen LogP contribution in [0.3, 0.4) is 0 Å². The normalized spacial score (nSPS) is 11.6. The van der Waals surface area contributed by atoms with Crippen LogP contribution in [0.1, 0.15) is 26.3 Å². The molecule has 22 heavy (non-hydrogen) atoms. The first-order valence-corrected chi connectivity index (χ1v) is 7.98. The van der Waals surface area contributed by atoms with Gasteiger partial charge in [0.25, 0.3) is 0 Å². The van der Waals surface area contributed by atoms with E-state index in [0.717, 1.165) is 27.7 Å². The van der Waals surface area contributed by atoms with Crippen molar-refractivity contribution in [3.8, 4) is 16.9 Å². The molecule has 116 valence electrons. The zero-order valence-electron chi connectivity index (χ0n) is 13.4. The molecule has 2 rings (SSSR count). The molecule has 0 aliphatic heterocycles. The maximum absolute atomic E-state index is 11.4. The van der Waals surface area contributed by atoms with E-state index in [2.05, 4.69) is 26.8 Å². The van der Waals surface area contributed by atoms with E-state index in [-0.39, 0.29) is 20.7 Å². The van der Waals surface area contributed by atoms with Crippen molar-refractivity contribution in [1.82, 2.24) is 0 Å². The fourth-order valence-corrected chi connectivity index (χ4v) is 2.83. The standard InChI is InChI=1S/C18H21O3P/c1-18(2,3)15-10-7-9-14(17(15)21-12-20-4)13-8-5-6-11-16(13)22-19/h5-11H,12H2,1-4H3. The van der Waals surface area contributed by atoms with Gasteiger partial charge in [-0.2, -0.15) is 0 Å². The Balaban J connectivity index is 2.67. The third-order valence-corrected chi connectivity index (χ3v) is 4.02. The Labute approximate surface area is 133 Å². The van der Waals surface area contributed by atoms with Gasteiger partial charge in [0.05, 0.1) is 5.30 Å². The summed E-state index contributed by atoms with van der Waals surface area (Å²) < 4.78 is 22.4. The highest BCUT2D eigenvalue weighted by molar-refractivity contribution is 7.34. The lowest BCUT2D eigenvalue weighted by atomic mass is 9.84. The largest absolute Gasteiger partial charge is 0.467 e. The van der Waals surface area contributed by atoms with Crippen molar-refractivity contribution < 1.29 is 14.0 Å². The molecule has 0 fully saturated rings. The molecular weight excluding hydrogens is 295 g/mol. The second-order valence-corrected chi connectivity index (χ2v) is 6.76. The minimum Gasteiger partial charge on any atom is -0.467 e. The number of benzene rings is 2. The average Bonchev–Trinajstić information content (AvgIpc) is 2.51. The van der Waals surface area contributed by atoms with E-state index in [1.807, 2.05) is 36.4 Å². The molecule has 0 amide bonds. The fraction of sp³-hybridized carbons (Fsp3) is 0.333. The van der Waals surface area contributed by atoms with Crippen molar-refractivity contribution in [3.05, 3.63) is 48.0 Å². The molecule has 0 saturated carbocycles. The van der Waals surface area contributed by atoms with Gasteiger partial charge in [0, 0.05) is 23.8 Å². The maximum Gasteiger partial charge on any atom is 0.192 e. The van der Waals surface area contributed by atoms with E-state index in [1.165, 1.54) is 0 Å². The summed E-state index contributed by atoms with van der Waals surface area (Å²) in [5.41, 5.74) is 2.88. The van der Waals surface area contributed by atoms with Crippen LogP contribution in [0.15, 0.2) is 42.5 Å². The molecule has 0 spiro atoms. The quantitative estimate of drug-likeness (QED) is 0.599. The Bertz CT molecular complexity index is 660. The molecule has 0 N–H and O–H groups in total. The summed E-state index contributed by atoms with van der Waals surface area (Å²) >= 11 is 0. The minimum atomic E-state index is -0.0663. The molecule has 0 aliphatic carbocycles. The molecule has 3 nitrogen and oxygen atoms in total. The van der Waals surface area contributed by atoms with Crippen LogP contribution in [-0.4, -0.2) is 13.9 Å². The molecule has 0 saturated heterocycles.